The van der Waals surface area contributed by atoms with E-state index in [-0.39, 0.29) is 5.92 Å². The molecule has 1 heterocycles. The van der Waals surface area contributed by atoms with Gasteiger partial charge in [-0.2, -0.15) is 13.2 Å². The van der Waals surface area contributed by atoms with Crippen LogP contribution in [0.5, 0.6) is 0 Å². The van der Waals surface area contributed by atoms with Crippen LogP contribution in [0.25, 0.3) is 0 Å². The molecule has 0 saturated heterocycles. The third-order valence-corrected chi connectivity index (χ3v) is 5.17. The van der Waals surface area contributed by atoms with Gasteiger partial charge in [-0.15, -0.1) is 11.3 Å². The number of unbranched alkanes of at least 4 members (excludes halogenated alkanes) is 6. The smallest absolute Gasteiger partial charge is 0.249 e. The van der Waals surface area contributed by atoms with E-state index in [1.807, 2.05) is 0 Å². The van der Waals surface area contributed by atoms with Crippen LogP contribution in [0.4, 0.5) is 13.2 Å². The molecule has 0 aliphatic heterocycles. The fourth-order valence-corrected chi connectivity index (χ4v) is 3.59. The maximum atomic E-state index is 12.7. The monoisotopic (exact) mass is 335 g/mol. The Bertz CT molecular complexity index is 389. The second-order valence-corrected chi connectivity index (χ2v) is 7.02. The van der Waals surface area contributed by atoms with Crippen LogP contribution in [0, 0.1) is 0 Å². The lowest BCUT2D eigenvalue weighted by molar-refractivity contribution is -0.134. The van der Waals surface area contributed by atoms with Crippen LogP contribution in [0.1, 0.15) is 93.9 Å². The van der Waals surface area contributed by atoms with E-state index in [9.17, 15) is 13.2 Å². The van der Waals surface area contributed by atoms with Gasteiger partial charge in [-0.05, 0) is 12.8 Å². The van der Waals surface area contributed by atoms with E-state index >= 15 is 0 Å². The maximum absolute atomic E-state index is 12.7. The summed E-state index contributed by atoms with van der Waals surface area (Å²) in [4.78, 5) is 3.52. The number of rotatable bonds is 11. The molecule has 0 amide bonds. The fraction of sp³-hybridized carbons (Fsp3) is 0.824. The summed E-state index contributed by atoms with van der Waals surface area (Å²) >= 11 is 0.839. The zero-order chi connectivity index (χ0) is 16.4. The van der Waals surface area contributed by atoms with Crippen LogP contribution in [-0.4, -0.2) is 4.98 Å². The van der Waals surface area contributed by atoms with Gasteiger partial charge in [0, 0.05) is 5.92 Å². The van der Waals surface area contributed by atoms with E-state index in [2.05, 4.69) is 18.8 Å². The molecule has 0 N–H and O–H groups in total. The van der Waals surface area contributed by atoms with Crippen LogP contribution in [0.2, 0.25) is 0 Å². The first-order chi connectivity index (χ1) is 10.5. The zero-order valence-corrected chi connectivity index (χ0v) is 14.5. The molecule has 0 fully saturated rings. The Morgan fingerprint density at radius 1 is 0.955 bits per heavy atom. The molecule has 0 saturated carbocycles. The fourth-order valence-electron chi connectivity index (χ4n) is 2.63. The van der Waals surface area contributed by atoms with Crippen LogP contribution in [0.15, 0.2) is 6.20 Å². The number of nitrogens with zero attached hydrogens (tertiary/aromatic N) is 1. The van der Waals surface area contributed by atoms with Crippen molar-refractivity contribution in [1.82, 2.24) is 4.98 Å². The van der Waals surface area contributed by atoms with E-state index in [1.165, 1.54) is 38.5 Å². The van der Waals surface area contributed by atoms with E-state index in [1.54, 1.807) is 0 Å². The molecule has 5 heteroatoms. The predicted octanol–water partition coefficient (Wildman–Crippen LogP) is 7.19. The molecule has 0 aliphatic carbocycles. The minimum absolute atomic E-state index is 0.204. The molecular weight excluding hydrogens is 307 g/mol. The molecule has 0 spiro atoms. The largest absolute Gasteiger partial charge is 0.427 e. The third-order valence-electron chi connectivity index (χ3n) is 3.96. The van der Waals surface area contributed by atoms with Gasteiger partial charge in [0.1, 0.15) is 4.88 Å². The molecular formula is C17H28F3NS. The van der Waals surface area contributed by atoms with Gasteiger partial charge >= 0.3 is 6.18 Å². The van der Waals surface area contributed by atoms with Gasteiger partial charge < -0.3 is 0 Å². The molecule has 1 nitrogen and oxygen atoms in total. The number of thiazole rings is 1. The lowest BCUT2D eigenvalue weighted by atomic mass is 9.95. The van der Waals surface area contributed by atoms with Crippen molar-refractivity contribution in [2.75, 3.05) is 0 Å². The Balaban J connectivity index is 2.60. The second-order valence-electron chi connectivity index (χ2n) is 5.96. The van der Waals surface area contributed by atoms with Gasteiger partial charge in [0.05, 0.1) is 11.2 Å². The Hall–Kier alpha value is -0.580. The molecule has 0 bridgehead atoms. The van der Waals surface area contributed by atoms with Crippen molar-refractivity contribution in [3.05, 3.63) is 16.1 Å². The summed E-state index contributed by atoms with van der Waals surface area (Å²) in [5.74, 6) is 0.204. The average molecular weight is 335 g/mol. The van der Waals surface area contributed by atoms with Crippen LogP contribution >= 0.6 is 11.3 Å². The molecule has 128 valence electrons. The molecule has 1 aromatic rings. The molecule has 0 radical (unpaired) electrons. The molecule has 0 aliphatic rings. The van der Waals surface area contributed by atoms with Gasteiger partial charge in [-0.3, -0.25) is 0 Å². The van der Waals surface area contributed by atoms with Gasteiger partial charge in [0.25, 0.3) is 0 Å². The Kier molecular flexibility index (Phi) is 9.06. The van der Waals surface area contributed by atoms with Crippen molar-refractivity contribution in [1.29, 1.82) is 0 Å². The zero-order valence-electron chi connectivity index (χ0n) is 13.7. The highest BCUT2D eigenvalue weighted by Gasteiger charge is 2.34. The van der Waals surface area contributed by atoms with Crippen LogP contribution < -0.4 is 0 Å². The van der Waals surface area contributed by atoms with Crippen LogP contribution in [-0.2, 0) is 6.18 Å². The van der Waals surface area contributed by atoms with Crippen LogP contribution in [0.3, 0.4) is 0 Å². The van der Waals surface area contributed by atoms with Gasteiger partial charge in [0.2, 0.25) is 0 Å². The molecule has 0 atom stereocenters. The topological polar surface area (TPSA) is 12.9 Å². The minimum atomic E-state index is -4.26. The SMILES string of the molecule is CCCCCCC(CCCCCC)c1ncc(C(F)(F)F)s1. The van der Waals surface area contributed by atoms with Crippen molar-refractivity contribution in [3.8, 4) is 0 Å². The number of hydrogen-bond acceptors (Lipinski definition) is 2. The van der Waals surface area contributed by atoms with Crippen molar-refractivity contribution in [3.63, 3.8) is 0 Å². The van der Waals surface area contributed by atoms with Crippen molar-refractivity contribution in [2.45, 2.75) is 90.1 Å². The normalized spacial score (nSPS) is 12.3. The van der Waals surface area contributed by atoms with Crippen molar-refractivity contribution >= 4 is 11.3 Å². The summed E-state index contributed by atoms with van der Waals surface area (Å²) in [6, 6.07) is 0. The van der Waals surface area contributed by atoms with E-state index in [0.29, 0.717) is 5.01 Å². The maximum Gasteiger partial charge on any atom is 0.427 e. The summed E-state index contributed by atoms with van der Waals surface area (Å²) in [7, 11) is 0. The minimum Gasteiger partial charge on any atom is -0.249 e. The van der Waals surface area contributed by atoms with Gasteiger partial charge in [-0.25, -0.2) is 4.98 Å². The van der Waals surface area contributed by atoms with E-state index in [4.69, 9.17) is 0 Å². The lowest BCUT2D eigenvalue weighted by Crippen LogP contribution is -2.01. The van der Waals surface area contributed by atoms with Gasteiger partial charge in [0.15, 0.2) is 0 Å². The quantitative estimate of drug-likeness (QED) is 0.390. The lowest BCUT2D eigenvalue weighted by Gasteiger charge is -2.14. The summed E-state index contributed by atoms with van der Waals surface area (Å²) in [6.07, 6.45) is 7.96. The predicted molar refractivity (Wildman–Crippen MR) is 87.4 cm³/mol. The second kappa shape index (κ2) is 10.2. The van der Waals surface area contributed by atoms with Gasteiger partial charge in [-0.1, -0.05) is 65.2 Å². The standard InChI is InChI=1S/C17H28F3NS/c1-3-5-7-9-11-14(12-10-8-6-4-2)16-21-13-15(22-16)17(18,19)20/h13-14H,3-12H2,1-2H3. The van der Waals surface area contributed by atoms with E-state index < -0.39 is 11.1 Å². The Morgan fingerprint density at radius 2 is 1.50 bits per heavy atom. The molecule has 0 unspecified atom stereocenters. The van der Waals surface area contributed by atoms with Crippen molar-refractivity contribution < 1.29 is 13.2 Å². The third kappa shape index (κ3) is 7.12. The highest BCUT2D eigenvalue weighted by molar-refractivity contribution is 7.11. The Labute approximate surface area is 136 Å². The van der Waals surface area contributed by atoms with E-state index in [0.717, 1.165) is 43.2 Å². The summed E-state index contributed by atoms with van der Waals surface area (Å²) in [6.45, 7) is 4.33. The highest BCUT2D eigenvalue weighted by atomic mass is 32.1. The summed E-state index contributed by atoms with van der Waals surface area (Å²) in [5, 5.41) is 0.681. The molecule has 0 aromatic carbocycles. The summed E-state index contributed by atoms with van der Waals surface area (Å²) in [5.41, 5.74) is 0. The van der Waals surface area contributed by atoms with Crippen molar-refractivity contribution in [2.24, 2.45) is 0 Å². The summed E-state index contributed by atoms with van der Waals surface area (Å²) < 4.78 is 38.2. The first-order valence-electron chi connectivity index (χ1n) is 8.52. The Morgan fingerprint density at radius 3 is 1.91 bits per heavy atom. The molecule has 1 aromatic heterocycles. The number of aromatic nitrogens is 1. The number of halogens is 3. The molecule has 22 heavy (non-hydrogen) atoms. The molecule has 1 rings (SSSR count). The number of hydrogen-bond donors (Lipinski definition) is 0. The first-order valence-corrected chi connectivity index (χ1v) is 9.33. The average Bonchev–Trinajstić information content (AvgIpc) is 2.95. The number of alkyl halides is 3. The highest BCUT2D eigenvalue weighted by Crippen LogP contribution is 2.38. The first kappa shape index (κ1) is 19.5.